The molecule has 0 radical (unpaired) electrons. The molecule has 0 unspecified atom stereocenters. The van der Waals surface area contributed by atoms with Crippen molar-refractivity contribution in [3.63, 3.8) is 0 Å². The number of benzene rings is 3. The van der Waals surface area contributed by atoms with Crippen molar-refractivity contribution in [1.82, 2.24) is 9.97 Å². The number of H-pyrrole nitrogens is 2. The number of fused-ring (bicyclic) bond motifs is 2. The topological polar surface area (TPSA) is 61.0 Å². The molecule has 5 rings (SSSR count). The molecule has 0 aliphatic carbocycles. The van der Waals surface area contributed by atoms with Gasteiger partial charge in [0.1, 0.15) is 12.4 Å². The molecule has 0 amide bonds. The molecular weight excluding hydrogens is 336 g/mol. The summed E-state index contributed by atoms with van der Waals surface area (Å²) < 4.78 is 5.93. The van der Waals surface area contributed by atoms with E-state index in [1.165, 1.54) is 0 Å². The molecule has 4 heteroatoms. The Kier molecular flexibility index (Phi) is 3.61. The number of nitrogens with one attached hydrogen (secondary N) is 2. The van der Waals surface area contributed by atoms with Crippen LogP contribution >= 0.6 is 0 Å². The minimum absolute atomic E-state index is 0.186. The van der Waals surface area contributed by atoms with Crippen LogP contribution in [0, 0.1) is 0 Å². The van der Waals surface area contributed by atoms with Gasteiger partial charge in [-0.1, -0.05) is 48.5 Å². The molecule has 0 atom stereocenters. The van der Waals surface area contributed by atoms with Crippen LogP contribution in [0.1, 0.15) is 5.56 Å². The average Bonchev–Trinajstić information content (AvgIpc) is 3.30. The molecule has 0 aliphatic heterocycles. The quantitative estimate of drug-likeness (QED) is 0.393. The minimum Gasteiger partial charge on any atom is -0.494 e. The normalized spacial score (nSPS) is 11.3. The number of hydrogen-bond donors (Lipinski definition) is 3. The van der Waals surface area contributed by atoms with Gasteiger partial charge in [-0.05, 0) is 29.8 Å². The van der Waals surface area contributed by atoms with Crippen LogP contribution in [0.4, 0.5) is 0 Å². The van der Waals surface area contributed by atoms with Crippen molar-refractivity contribution < 1.29 is 9.84 Å². The zero-order valence-corrected chi connectivity index (χ0v) is 14.6. The Bertz CT molecular complexity index is 1240. The second-order valence-corrected chi connectivity index (χ2v) is 6.61. The fourth-order valence-electron chi connectivity index (χ4n) is 3.48. The summed E-state index contributed by atoms with van der Waals surface area (Å²) in [6.07, 6.45) is 1.81. The molecule has 0 saturated carbocycles. The maximum atomic E-state index is 10.2. The highest BCUT2D eigenvalue weighted by molar-refractivity contribution is 6.01. The third kappa shape index (κ3) is 2.81. The molecule has 0 fully saturated rings. The first kappa shape index (κ1) is 15.6. The lowest BCUT2D eigenvalue weighted by Crippen LogP contribution is -1.94. The van der Waals surface area contributed by atoms with Crippen molar-refractivity contribution in [1.29, 1.82) is 0 Å². The smallest absolute Gasteiger partial charge is 0.197 e. The third-order valence-corrected chi connectivity index (χ3v) is 4.83. The van der Waals surface area contributed by atoms with Gasteiger partial charge in [-0.2, -0.15) is 0 Å². The van der Waals surface area contributed by atoms with E-state index in [1.807, 2.05) is 60.8 Å². The van der Waals surface area contributed by atoms with Gasteiger partial charge in [0, 0.05) is 33.7 Å². The molecule has 27 heavy (non-hydrogen) atoms. The van der Waals surface area contributed by atoms with Crippen molar-refractivity contribution in [2.45, 2.75) is 6.61 Å². The number of hydrogen-bond acceptors (Lipinski definition) is 2. The number of aromatic nitrogens is 2. The molecule has 132 valence electrons. The molecule has 0 saturated heterocycles. The first-order valence-electron chi connectivity index (χ1n) is 8.87. The Morgan fingerprint density at radius 3 is 2.63 bits per heavy atom. The third-order valence-electron chi connectivity index (χ3n) is 4.83. The Hall–Kier alpha value is -3.66. The Morgan fingerprint density at radius 2 is 1.74 bits per heavy atom. The van der Waals surface area contributed by atoms with Crippen molar-refractivity contribution in [3.8, 4) is 22.9 Å². The van der Waals surface area contributed by atoms with Crippen LogP contribution in [0.5, 0.6) is 11.6 Å². The first-order chi connectivity index (χ1) is 13.3. The highest BCUT2D eigenvalue weighted by Crippen LogP contribution is 2.35. The standard InChI is InChI=1S/C23H18N2O2/c26-23-22-16(13-24-23)7-4-8-19(22)21-12-17-11-18(9-10-20(17)25-21)27-14-15-5-2-1-3-6-15/h1-13,24-26H,14H2. The predicted molar refractivity (Wildman–Crippen MR) is 108 cm³/mol. The zero-order valence-electron chi connectivity index (χ0n) is 14.6. The van der Waals surface area contributed by atoms with E-state index in [0.29, 0.717) is 6.61 Å². The van der Waals surface area contributed by atoms with Gasteiger partial charge in [0.25, 0.3) is 0 Å². The fraction of sp³-hybridized carbons (Fsp3) is 0.0435. The SMILES string of the molecule is Oc1[nH]cc2cccc(-c3cc4cc(OCc5ccccc5)ccc4[nH]3)c12. The Morgan fingerprint density at radius 1 is 0.852 bits per heavy atom. The summed E-state index contributed by atoms with van der Waals surface area (Å²) in [5.74, 6) is 1.02. The van der Waals surface area contributed by atoms with Crippen LogP contribution < -0.4 is 4.74 Å². The maximum absolute atomic E-state index is 10.2. The summed E-state index contributed by atoms with van der Waals surface area (Å²) in [4.78, 5) is 6.33. The molecule has 0 aliphatic rings. The maximum Gasteiger partial charge on any atom is 0.197 e. The van der Waals surface area contributed by atoms with Crippen LogP contribution in [0.25, 0.3) is 32.9 Å². The number of aromatic amines is 2. The van der Waals surface area contributed by atoms with E-state index in [1.54, 1.807) is 0 Å². The highest BCUT2D eigenvalue weighted by atomic mass is 16.5. The summed E-state index contributed by atoms with van der Waals surface area (Å²) in [6, 6.07) is 24.2. The molecule has 5 aromatic rings. The van der Waals surface area contributed by atoms with Crippen LogP contribution in [-0.2, 0) is 6.61 Å². The lowest BCUT2D eigenvalue weighted by molar-refractivity contribution is 0.306. The summed E-state index contributed by atoms with van der Waals surface area (Å²) >= 11 is 0. The molecule has 4 nitrogen and oxygen atoms in total. The average molecular weight is 354 g/mol. The molecule has 2 heterocycles. The second-order valence-electron chi connectivity index (χ2n) is 6.61. The van der Waals surface area contributed by atoms with Gasteiger partial charge in [-0.25, -0.2) is 0 Å². The van der Waals surface area contributed by atoms with Gasteiger partial charge in [-0.3, -0.25) is 0 Å². The summed E-state index contributed by atoms with van der Waals surface area (Å²) in [5, 5.41) is 13.0. The van der Waals surface area contributed by atoms with E-state index in [0.717, 1.165) is 44.2 Å². The summed E-state index contributed by atoms with van der Waals surface area (Å²) in [6.45, 7) is 0.542. The molecule has 0 spiro atoms. The van der Waals surface area contributed by atoms with Gasteiger partial charge in [0.15, 0.2) is 5.88 Å². The largest absolute Gasteiger partial charge is 0.494 e. The fourth-order valence-corrected chi connectivity index (χ4v) is 3.48. The highest BCUT2D eigenvalue weighted by Gasteiger charge is 2.12. The summed E-state index contributed by atoms with van der Waals surface area (Å²) in [7, 11) is 0. The molecular formula is C23H18N2O2. The van der Waals surface area contributed by atoms with Crippen molar-refractivity contribution in [3.05, 3.63) is 84.6 Å². The van der Waals surface area contributed by atoms with E-state index in [2.05, 4.69) is 28.2 Å². The van der Waals surface area contributed by atoms with Crippen molar-refractivity contribution >= 4 is 21.7 Å². The number of rotatable bonds is 4. The molecule has 2 aromatic heterocycles. The Balaban J connectivity index is 1.49. The van der Waals surface area contributed by atoms with Crippen LogP contribution in [0.15, 0.2) is 79.0 Å². The number of ether oxygens (including phenoxy) is 1. The van der Waals surface area contributed by atoms with Gasteiger partial charge in [0.2, 0.25) is 0 Å². The first-order valence-corrected chi connectivity index (χ1v) is 8.87. The van der Waals surface area contributed by atoms with Gasteiger partial charge in [0.05, 0.1) is 5.39 Å². The van der Waals surface area contributed by atoms with E-state index >= 15 is 0 Å². The molecule has 3 N–H and O–H groups in total. The lowest BCUT2D eigenvalue weighted by atomic mass is 10.1. The van der Waals surface area contributed by atoms with Gasteiger partial charge in [-0.15, -0.1) is 0 Å². The molecule has 3 aromatic carbocycles. The van der Waals surface area contributed by atoms with Crippen LogP contribution in [0.2, 0.25) is 0 Å². The predicted octanol–water partition coefficient (Wildman–Crippen LogP) is 5.60. The monoisotopic (exact) mass is 354 g/mol. The molecule has 0 bridgehead atoms. The second kappa shape index (κ2) is 6.25. The number of aromatic hydroxyl groups is 1. The van der Waals surface area contributed by atoms with Gasteiger partial charge < -0.3 is 19.8 Å². The van der Waals surface area contributed by atoms with Crippen LogP contribution in [-0.4, -0.2) is 15.1 Å². The zero-order chi connectivity index (χ0) is 18.2. The Labute approximate surface area is 156 Å². The van der Waals surface area contributed by atoms with Gasteiger partial charge >= 0.3 is 0 Å². The lowest BCUT2D eigenvalue weighted by Gasteiger charge is -2.06. The van der Waals surface area contributed by atoms with Crippen molar-refractivity contribution in [2.75, 3.05) is 0 Å². The summed E-state index contributed by atoms with van der Waals surface area (Å²) in [5.41, 5.74) is 4.10. The van der Waals surface area contributed by atoms with Crippen molar-refractivity contribution in [2.24, 2.45) is 0 Å². The van der Waals surface area contributed by atoms with E-state index < -0.39 is 0 Å². The van der Waals surface area contributed by atoms with Crippen LogP contribution in [0.3, 0.4) is 0 Å². The van der Waals surface area contributed by atoms with E-state index in [9.17, 15) is 5.11 Å². The minimum atomic E-state index is 0.186. The van der Waals surface area contributed by atoms with E-state index in [-0.39, 0.29) is 5.88 Å². The van der Waals surface area contributed by atoms with E-state index in [4.69, 9.17) is 4.74 Å².